The molecular formula is C10H6Cl2N4S. The van der Waals surface area contributed by atoms with E-state index >= 15 is 0 Å². The lowest BCUT2D eigenvalue weighted by Crippen LogP contribution is -2.25. The fourth-order valence-electron chi connectivity index (χ4n) is 1.42. The largest absolute Gasteiger partial charge is 0.295 e. The number of hydrogen-bond donors (Lipinski definition) is 1. The third-order valence-electron chi connectivity index (χ3n) is 2.23. The van der Waals surface area contributed by atoms with Crippen LogP contribution in [0.25, 0.3) is 0 Å². The minimum absolute atomic E-state index is 0.502. The molecule has 7 heteroatoms. The Bertz CT molecular complexity index is 595. The van der Waals surface area contributed by atoms with Crippen molar-refractivity contribution in [3.8, 4) is 0 Å². The number of nitrogens with zero attached hydrogens (tertiary/aromatic N) is 3. The molecule has 1 aromatic carbocycles. The highest BCUT2D eigenvalue weighted by atomic mass is 35.5. The smallest absolute Gasteiger partial charge is 0.219 e. The molecule has 0 spiro atoms. The summed E-state index contributed by atoms with van der Waals surface area (Å²) < 4.78 is 4.90. The standard InChI is InChI=1S/C10H6Cl2N4S/c11-6-3-8-9(4-7(6)12)17-15-10(14-8)16-2-1-13-5-16/h1-5H,(H,14,15). The maximum absolute atomic E-state index is 5.97. The molecule has 2 heterocycles. The third kappa shape index (κ3) is 2.01. The number of aliphatic imine (C=N–C) groups is 1. The molecular weight excluding hydrogens is 279 g/mol. The first-order valence-electron chi connectivity index (χ1n) is 4.73. The molecule has 0 aliphatic carbocycles. The lowest BCUT2D eigenvalue weighted by Gasteiger charge is -2.17. The van der Waals surface area contributed by atoms with Gasteiger partial charge in [0.2, 0.25) is 5.96 Å². The molecule has 1 aromatic heterocycles. The molecule has 1 aliphatic rings. The Morgan fingerprint density at radius 1 is 1.24 bits per heavy atom. The Balaban J connectivity index is 2.08. The third-order valence-corrected chi connectivity index (χ3v) is 3.78. The Kier molecular flexibility index (Phi) is 2.74. The van der Waals surface area contributed by atoms with Crippen molar-refractivity contribution in [2.75, 3.05) is 0 Å². The summed E-state index contributed by atoms with van der Waals surface area (Å²) in [5, 5.41) is 1.03. The molecule has 0 unspecified atom stereocenters. The van der Waals surface area contributed by atoms with E-state index in [0.717, 1.165) is 10.6 Å². The lowest BCUT2D eigenvalue weighted by molar-refractivity contribution is 1.06. The van der Waals surface area contributed by atoms with Gasteiger partial charge in [0.15, 0.2) is 0 Å². The molecule has 1 N–H and O–H groups in total. The summed E-state index contributed by atoms with van der Waals surface area (Å²) in [5.74, 6) is 0.693. The first-order valence-corrected chi connectivity index (χ1v) is 6.30. The van der Waals surface area contributed by atoms with E-state index in [9.17, 15) is 0 Å². The van der Waals surface area contributed by atoms with Crippen molar-refractivity contribution in [3.05, 3.63) is 40.9 Å². The van der Waals surface area contributed by atoms with Crippen LogP contribution < -0.4 is 4.72 Å². The average Bonchev–Trinajstić information content (AvgIpc) is 2.83. The van der Waals surface area contributed by atoms with E-state index in [-0.39, 0.29) is 0 Å². The highest BCUT2D eigenvalue weighted by Gasteiger charge is 2.15. The minimum atomic E-state index is 0.502. The zero-order valence-electron chi connectivity index (χ0n) is 8.39. The molecule has 0 atom stereocenters. The van der Waals surface area contributed by atoms with Gasteiger partial charge in [0, 0.05) is 12.4 Å². The molecule has 2 aromatic rings. The molecule has 0 saturated heterocycles. The molecule has 86 valence electrons. The highest BCUT2D eigenvalue weighted by molar-refractivity contribution is 7.98. The second-order valence-electron chi connectivity index (χ2n) is 3.34. The van der Waals surface area contributed by atoms with Gasteiger partial charge in [-0.2, -0.15) is 0 Å². The number of nitrogens with one attached hydrogen (secondary N) is 1. The van der Waals surface area contributed by atoms with E-state index in [1.165, 1.54) is 11.9 Å². The van der Waals surface area contributed by atoms with Gasteiger partial charge >= 0.3 is 0 Å². The normalized spacial score (nSPS) is 13.9. The molecule has 1 aliphatic heterocycles. The van der Waals surface area contributed by atoms with E-state index in [2.05, 4.69) is 14.7 Å². The van der Waals surface area contributed by atoms with Gasteiger partial charge in [-0.05, 0) is 24.1 Å². The molecule has 0 fully saturated rings. The number of benzene rings is 1. The van der Waals surface area contributed by atoms with Crippen molar-refractivity contribution in [3.63, 3.8) is 0 Å². The first-order chi connectivity index (χ1) is 8.24. The number of rotatable bonds is 0. The number of hydrogen-bond acceptors (Lipinski definition) is 4. The van der Waals surface area contributed by atoms with Crippen molar-refractivity contribution >= 4 is 46.8 Å². The summed E-state index contributed by atoms with van der Waals surface area (Å²) in [7, 11) is 0. The SMILES string of the molecule is Clc1cc2c(cc1Cl)SNC(n1ccnc1)=N2. The number of fused-ring (bicyclic) bond motifs is 1. The lowest BCUT2D eigenvalue weighted by atomic mass is 10.3. The predicted molar refractivity (Wildman–Crippen MR) is 70.2 cm³/mol. The van der Waals surface area contributed by atoms with Crippen molar-refractivity contribution in [1.29, 1.82) is 0 Å². The first kappa shape index (κ1) is 11.0. The summed E-state index contributed by atoms with van der Waals surface area (Å²) >= 11 is 13.4. The summed E-state index contributed by atoms with van der Waals surface area (Å²) in [6.07, 6.45) is 5.18. The molecule has 0 bridgehead atoms. The van der Waals surface area contributed by atoms with Gasteiger partial charge in [-0.1, -0.05) is 23.2 Å². The quantitative estimate of drug-likeness (QED) is 0.755. The van der Waals surface area contributed by atoms with Gasteiger partial charge < -0.3 is 0 Å². The second kappa shape index (κ2) is 4.25. The fraction of sp³-hybridized carbons (Fsp3) is 0. The zero-order chi connectivity index (χ0) is 11.8. The molecule has 0 saturated carbocycles. The summed E-state index contributed by atoms with van der Waals surface area (Å²) in [4.78, 5) is 9.37. The summed E-state index contributed by atoms with van der Waals surface area (Å²) in [6.45, 7) is 0. The number of halogens is 2. The van der Waals surface area contributed by atoms with Crippen LogP contribution in [0.5, 0.6) is 0 Å². The van der Waals surface area contributed by atoms with Crippen LogP contribution in [0, 0.1) is 0 Å². The van der Waals surface area contributed by atoms with Gasteiger partial charge in [-0.3, -0.25) is 9.29 Å². The summed E-state index contributed by atoms with van der Waals surface area (Å²) in [6, 6.07) is 3.55. The van der Waals surface area contributed by atoms with E-state index in [0.29, 0.717) is 16.0 Å². The van der Waals surface area contributed by atoms with Gasteiger partial charge in [0.1, 0.15) is 6.33 Å². The Hall–Kier alpha value is -1.17. The maximum Gasteiger partial charge on any atom is 0.219 e. The average molecular weight is 285 g/mol. The Labute approximate surface area is 112 Å². The fourth-order valence-corrected chi connectivity index (χ4v) is 2.54. The summed E-state index contributed by atoms with van der Waals surface area (Å²) in [5.41, 5.74) is 0.798. The van der Waals surface area contributed by atoms with E-state index in [1.54, 1.807) is 29.2 Å². The van der Waals surface area contributed by atoms with Crippen LogP contribution in [-0.4, -0.2) is 15.5 Å². The molecule has 3 rings (SSSR count). The van der Waals surface area contributed by atoms with E-state index in [1.807, 2.05) is 6.20 Å². The van der Waals surface area contributed by atoms with Crippen LogP contribution in [0.1, 0.15) is 0 Å². The highest BCUT2D eigenvalue weighted by Crippen LogP contribution is 2.37. The monoisotopic (exact) mass is 284 g/mol. The molecule has 4 nitrogen and oxygen atoms in total. The molecule has 17 heavy (non-hydrogen) atoms. The van der Waals surface area contributed by atoms with Gasteiger partial charge in [0.05, 0.1) is 20.6 Å². The topological polar surface area (TPSA) is 42.2 Å². The van der Waals surface area contributed by atoms with Gasteiger partial charge in [0.25, 0.3) is 0 Å². The van der Waals surface area contributed by atoms with Crippen LogP contribution in [0.2, 0.25) is 10.0 Å². The maximum atomic E-state index is 5.97. The van der Waals surface area contributed by atoms with E-state index in [4.69, 9.17) is 23.2 Å². The minimum Gasteiger partial charge on any atom is -0.295 e. The Morgan fingerprint density at radius 3 is 2.82 bits per heavy atom. The van der Waals surface area contributed by atoms with Gasteiger partial charge in [-0.15, -0.1) is 0 Å². The van der Waals surface area contributed by atoms with Crippen molar-refractivity contribution < 1.29 is 0 Å². The van der Waals surface area contributed by atoms with Crippen LogP contribution in [0.4, 0.5) is 5.69 Å². The predicted octanol–water partition coefficient (Wildman–Crippen LogP) is 3.34. The van der Waals surface area contributed by atoms with Crippen molar-refractivity contribution in [2.45, 2.75) is 4.90 Å². The number of aromatic nitrogens is 2. The molecule has 0 amide bonds. The van der Waals surface area contributed by atoms with Crippen LogP contribution >= 0.6 is 35.1 Å². The number of imidazole rings is 1. The Morgan fingerprint density at radius 2 is 2.06 bits per heavy atom. The molecule has 0 radical (unpaired) electrons. The van der Waals surface area contributed by atoms with E-state index < -0.39 is 0 Å². The van der Waals surface area contributed by atoms with Crippen LogP contribution in [-0.2, 0) is 0 Å². The van der Waals surface area contributed by atoms with Crippen molar-refractivity contribution in [1.82, 2.24) is 14.3 Å². The van der Waals surface area contributed by atoms with Gasteiger partial charge in [-0.25, -0.2) is 9.98 Å². The van der Waals surface area contributed by atoms with Crippen LogP contribution in [0.3, 0.4) is 0 Å². The zero-order valence-corrected chi connectivity index (χ0v) is 10.7. The second-order valence-corrected chi connectivity index (χ2v) is 5.01. The van der Waals surface area contributed by atoms with Crippen molar-refractivity contribution in [2.24, 2.45) is 4.99 Å². The van der Waals surface area contributed by atoms with Crippen LogP contribution in [0.15, 0.2) is 40.7 Å².